The molecule has 2 rings (SSSR count). The number of rotatable bonds is 3. The molecule has 0 saturated carbocycles. The second-order valence-corrected chi connectivity index (χ2v) is 4.13. The molecule has 84 valence electrons. The first kappa shape index (κ1) is 11.0. The van der Waals surface area contributed by atoms with Crippen molar-refractivity contribution in [3.8, 4) is 0 Å². The average Bonchev–Trinajstić information content (AvgIpc) is 2.28. The molecule has 0 amide bonds. The van der Waals surface area contributed by atoms with E-state index in [4.69, 9.17) is 11.6 Å². The number of nitrogens with one attached hydrogen (secondary N) is 2. The molecule has 1 aromatic rings. The van der Waals surface area contributed by atoms with Crippen LogP contribution >= 0.6 is 11.6 Å². The predicted octanol–water partition coefficient (Wildman–Crippen LogP) is 2.89. The summed E-state index contributed by atoms with van der Waals surface area (Å²) in [6.45, 7) is 0. The molecule has 2 N–H and O–H groups in total. The van der Waals surface area contributed by atoms with Crippen molar-refractivity contribution in [2.75, 3.05) is 5.43 Å². The second kappa shape index (κ2) is 5.03. The molecule has 1 aliphatic rings. The van der Waals surface area contributed by atoms with Crippen LogP contribution in [0.4, 0.5) is 5.69 Å². The van der Waals surface area contributed by atoms with Gasteiger partial charge in [0.1, 0.15) is 0 Å². The van der Waals surface area contributed by atoms with E-state index in [0.717, 1.165) is 24.2 Å². The summed E-state index contributed by atoms with van der Waals surface area (Å²) in [4.78, 5) is 11.2. The Hall–Kier alpha value is -1.48. The number of carbonyl (C=O) groups excluding carboxylic acids is 1. The van der Waals surface area contributed by atoms with Gasteiger partial charge in [-0.2, -0.15) is 0 Å². The maximum Gasteiger partial charge on any atom is 0.157 e. The Morgan fingerprint density at radius 1 is 1.12 bits per heavy atom. The number of hydrogen-bond acceptors (Lipinski definition) is 3. The molecule has 0 fully saturated rings. The summed E-state index contributed by atoms with van der Waals surface area (Å²) >= 11 is 5.98. The topological polar surface area (TPSA) is 41.1 Å². The molecule has 0 aliphatic heterocycles. The Labute approximate surface area is 99.5 Å². The first-order chi connectivity index (χ1) is 7.75. The third kappa shape index (κ3) is 2.76. The fourth-order valence-electron chi connectivity index (χ4n) is 1.60. The van der Waals surface area contributed by atoms with E-state index in [1.807, 2.05) is 24.3 Å². The summed E-state index contributed by atoms with van der Waals surface area (Å²) in [5, 5.41) is 0.651. The highest BCUT2D eigenvalue weighted by atomic mass is 35.5. The number of halogens is 1. The van der Waals surface area contributed by atoms with Crippen LogP contribution in [-0.2, 0) is 4.79 Å². The minimum atomic E-state index is 0.176. The smallest absolute Gasteiger partial charge is 0.157 e. The van der Waals surface area contributed by atoms with E-state index in [0.29, 0.717) is 11.4 Å². The fourth-order valence-corrected chi connectivity index (χ4v) is 1.78. The minimum Gasteiger partial charge on any atom is -0.305 e. The van der Waals surface area contributed by atoms with Crippen molar-refractivity contribution < 1.29 is 4.79 Å². The van der Waals surface area contributed by atoms with E-state index >= 15 is 0 Å². The number of carbonyl (C=O) groups is 1. The van der Waals surface area contributed by atoms with E-state index in [1.54, 1.807) is 6.08 Å². The van der Waals surface area contributed by atoms with Gasteiger partial charge in [0, 0.05) is 18.2 Å². The molecule has 1 aromatic carbocycles. The molecule has 0 saturated heterocycles. The summed E-state index contributed by atoms with van der Waals surface area (Å²) < 4.78 is 0. The summed E-state index contributed by atoms with van der Waals surface area (Å²) in [7, 11) is 0. The predicted molar refractivity (Wildman–Crippen MR) is 65.2 cm³/mol. The number of benzene rings is 1. The zero-order valence-electron chi connectivity index (χ0n) is 8.79. The monoisotopic (exact) mass is 236 g/mol. The highest BCUT2D eigenvalue weighted by molar-refractivity contribution is 6.33. The highest BCUT2D eigenvalue weighted by Crippen LogP contribution is 2.20. The van der Waals surface area contributed by atoms with Gasteiger partial charge in [-0.25, -0.2) is 0 Å². The first-order valence-corrected chi connectivity index (χ1v) is 5.63. The van der Waals surface area contributed by atoms with Gasteiger partial charge in [0.05, 0.1) is 10.7 Å². The number of hydrogen-bond donors (Lipinski definition) is 2. The van der Waals surface area contributed by atoms with E-state index < -0.39 is 0 Å². The Morgan fingerprint density at radius 3 is 2.69 bits per heavy atom. The third-order valence-corrected chi connectivity index (χ3v) is 2.77. The number of para-hydroxylation sites is 1. The number of anilines is 1. The number of allylic oxidation sites excluding steroid dienone is 2. The lowest BCUT2D eigenvalue weighted by atomic mass is 10.0. The van der Waals surface area contributed by atoms with Crippen molar-refractivity contribution in [1.82, 2.24) is 5.43 Å². The maximum atomic E-state index is 11.2. The van der Waals surface area contributed by atoms with E-state index in [9.17, 15) is 4.79 Å². The molecule has 1 aliphatic carbocycles. The molecule has 0 unspecified atom stereocenters. The Kier molecular flexibility index (Phi) is 3.47. The van der Waals surface area contributed by atoms with Gasteiger partial charge in [0.15, 0.2) is 5.78 Å². The van der Waals surface area contributed by atoms with Crippen LogP contribution in [0.15, 0.2) is 36.0 Å². The van der Waals surface area contributed by atoms with Gasteiger partial charge < -0.3 is 5.43 Å². The maximum absolute atomic E-state index is 11.2. The van der Waals surface area contributed by atoms with Crippen molar-refractivity contribution in [2.24, 2.45) is 0 Å². The highest BCUT2D eigenvalue weighted by Gasteiger charge is 2.09. The second-order valence-electron chi connectivity index (χ2n) is 3.72. The Bertz CT molecular complexity index is 429. The quantitative estimate of drug-likeness (QED) is 0.793. The van der Waals surface area contributed by atoms with Crippen LogP contribution in [0, 0.1) is 0 Å². The van der Waals surface area contributed by atoms with Crippen LogP contribution in [0.25, 0.3) is 0 Å². The van der Waals surface area contributed by atoms with Crippen LogP contribution in [0.5, 0.6) is 0 Å². The van der Waals surface area contributed by atoms with Gasteiger partial charge in [-0.1, -0.05) is 23.7 Å². The normalized spacial score (nSPS) is 15.6. The van der Waals surface area contributed by atoms with E-state index in [-0.39, 0.29) is 5.78 Å². The molecule has 4 heteroatoms. The third-order valence-electron chi connectivity index (χ3n) is 2.44. The van der Waals surface area contributed by atoms with Gasteiger partial charge >= 0.3 is 0 Å². The first-order valence-electron chi connectivity index (χ1n) is 5.25. The summed E-state index contributed by atoms with van der Waals surface area (Å²) in [6.07, 6.45) is 4.09. The van der Waals surface area contributed by atoms with Gasteiger partial charge in [-0.3, -0.25) is 10.2 Å². The molecular weight excluding hydrogens is 224 g/mol. The zero-order valence-corrected chi connectivity index (χ0v) is 9.55. The summed E-state index contributed by atoms with van der Waals surface area (Å²) in [5.41, 5.74) is 7.74. The van der Waals surface area contributed by atoms with Crippen LogP contribution in [-0.4, -0.2) is 5.78 Å². The van der Waals surface area contributed by atoms with Gasteiger partial charge in [0.2, 0.25) is 0 Å². The molecule has 0 spiro atoms. The van der Waals surface area contributed by atoms with Gasteiger partial charge in [0.25, 0.3) is 0 Å². The van der Waals surface area contributed by atoms with Crippen molar-refractivity contribution in [3.05, 3.63) is 41.1 Å². The van der Waals surface area contributed by atoms with Gasteiger partial charge in [-0.05, 0) is 25.0 Å². The van der Waals surface area contributed by atoms with Crippen LogP contribution in [0.1, 0.15) is 19.3 Å². The Balaban J connectivity index is 1.97. The summed E-state index contributed by atoms with van der Waals surface area (Å²) in [5.74, 6) is 0.176. The molecule has 3 nitrogen and oxygen atoms in total. The van der Waals surface area contributed by atoms with Crippen molar-refractivity contribution in [2.45, 2.75) is 19.3 Å². The molecule has 0 radical (unpaired) electrons. The lowest BCUT2D eigenvalue weighted by molar-refractivity contribution is -0.115. The summed E-state index contributed by atoms with van der Waals surface area (Å²) in [6, 6.07) is 7.46. The standard InChI is InChI=1S/C12H13ClN2O/c13-11-6-1-2-7-12(11)15-14-9-4-3-5-10(16)8-9/h1-2,6-8,14-15H,3-5H2. The van der Waals surface area contributed by atoms with Crippen LogP contribution < -0.4 is 10.9 Å². The van der Waals surface area contributed by atoms with E-state index in [2.05, 4.69) is 10.9 Å². The minimum absolute atomic E-state index is 0.176. The van der Waals surface area contributed by atoms with Crippen molar-refractivity contribution in [3.63, 3.8) is 0 Å². The molecule has 0 atom stereocenters. The molecule has 16 heavy (non-hydrogen) atoms. The van der Waals surface area contributed by atoms with Crippen LogP contribution in [0.3, 0.4) is 0 Å². The lowest BCUT2D eigenvalue weighted by Crippen LogP contribution is -2.23. The van der Waals surface area contributed by atoms with Crippen molar-refractivity contribution in [1.29, 1.82) is 0 Å². The van der Waals surface area contributed by atoms with E-state index in [1.165, 1.54) is 0 Å². The Morgan fingerprint density at radius 2 is 1.94 bits per heavy atom. The SMILES string of the molecule is O=C1C=C(NNc2ccccc2Cl)CCC1. The zero-order chi connectivity index (χ0) is 11.4. The van der Waals surface area contributed by atoms with Crippen molar-refractivity contribution >= 4 is 23.1 Å². The van der Waals surface area contributed by atoms with Gasteiger partial charge in [-0.15, -0.1) is 0 Å². The molecule has 0 bridgehead atoms. The molecule has 0 aromatic heterocycles. The molecular formula is C12H13ClN2O. The number of hydrazine groups is 1. The lowest BCUT2D eigenvalue weighted by Gasteiger charge is -2.16. The largest absolute Gasteiger partial charge is 0.305 e. The fraction of sp³-hybridized carbons (Fsp3) is 0.250. The average molecular weight is 237 g/mol. The number of ketones is 1. The molecule has 0 heterocycles. The van der Waals surface area contributed by atoms with Crippen LogP contribution in [0.2, 0.25) is 5.02 Å².